The predicted molar refractivity (Wildman–Crippen MR) is 108 cm³/mol. The Morgan fingerprint density at radius 1 is 1.41 bits per heavy atom. The minimum absolute atomic E-state index is 0.158. The molecule has 27 heavy (non-hydrogen) atoms. The van der Waals surface area contributed by atoms with Crippen LogP contribution in [0, 0.1) is 11.3 Å². The summed E-state index contributed by atoms with van der Waals surface area (Å²) in [6, 6.07) is 7.58. The molecule has 3 rings (SSSR count). The lowest BCUT2D eigenvalue weighted by atomic mass is 10.1. The zero-order valence-electron chi connectivity index (χ0n) is 14.7. The number of nitrogens with zero attached hydrogens (tertiary/aromatic N) is 3. The second-order valence-corrected chi connectivity index (χ2v) is 8.47. The summed E-state index contributed by atoms with van der Waals surface area (Å²) in [5, 5.41) is 15.9. The first kappa shape index (κ1) is 19.0. The summed E-state index contributed by atoms with van der Waals surface area (Å²) in [6.45, 7) is 0.535. The van der Waals surface area contributed by atoms with E-state index in [2.05, 4.69) is 16.4 Å². The molecule has 1 N–H and O–H groups in total. The topological polar surface area (TPSA) is 87.8 Å². The first-order valence-corrected chi connectivity index (χ1v) is 10.7. The van der Waals surface area contributed by atoms with Crippen molar-refractivity contribution in [2.45, 2.75) is 6.54 Å². The Labute approximate surface area is 162 Å². The maximum Gasteiger partial charge on any atom is 0.242 e. The van der Waals surface area contributed by atoms with Crippen molar-refractivity contribution in [2.75, 3.05) is 12.8 Å². The number of hydrogen-bond donors (Lipinski definition) is 1. The summed E-state index contributed by atoms with van der Waals surface area (Å²) in [7, 11) is -1.83. The fraction of sp³-hybridized carbons (Fsp3) is 0.158. The average molecular weight is 399 g/mol. The first-order valence-electron chi connectivity index (χ1n) is 8.17. The number of pyridine rings is 1. The van der Waals surface area contributed by atoms with Crippen molar-refractivity contribution in [1.82, 2.24) is 14.3 Å². The lowest BCUT2D eigenvalue weighted by molar-refractivity contribution is 0.591. The molecular formula is C19H18N4O2S2. The Hall–Kier alpha value is -2.73. The Morgan fingerprint density at radius 2 is 2.26 bits per heavy atom. The summed E-state index contributed by atoms with van der Waals surface area (Å²) >= 11 is 1.38. The number of rotatable bonds is 7. The minimum atomic E-state index is -3.63. The molecule has 3 aromatic rings. The van der Waals surface area contributed by atoms with Crippen molar-refractivity contribution in [3.63, 3.8) is 0 Å². The molecule has 0 fully saturated rings. The van der Waals surface area contributed by atoms with Crippen molar-refractivity contribution in [2.24, 2.45) is 0 Å². The minimum Gasteiger partial charge on any atom is -0.316 e. The van der Waals surface area contributed by atoms with E-state index in [1.165, 1.54) is 15.3 Å². The monoisotopic (exact) mass is 398 g/mol. The van der Waals surface area contributed by atoms with Gasteiger partial charge < -0.3 is 5.32 Å². The predicted octanol–water partition coefficient (Wildman–Crippen LogP) is 3.09. The quantitative estimate of drug-likeness (QED) is 0.661. The Balaban J connectivity index is 1.96. The van der Waals surface area contributed by atoms with E-state index in [0.29, 0.717) is 23.4 Å². The molecule has 0 bridgehead atoms. The molecule has 0 aliphatic heterocycles. The number of nitrogens with one attached hydrogen (secondary N) is 1. The van der Waals surface area contributed by atoms with Crippen LogP contribution < -0.4 is 5.32 Å². The van der Waals surface area contributed by atoms with Gasteiger partial charge in [-0.05, 0) is 30.3 Å². The molecule has 0 spiro atoms. The zero-order chi connectivity index (χ0) is 19.3. The van der Waals surface area contributed by atoms with E-state index >= 15 is 0 Å². The highest BCUT2D eigenvalue weighted by atomic mass is 32.2. The van der Waals surface area contributed by atoms with E-state index < -0.39 is 10.0 Å². The van der Waals surface area contributed by atoms with Crippen LogP contribution in [0.4, 0.5) is 0 Å². The largest absolute Gasteiger partial charge is 0.316 e. The summed E-state index contributed by atoms with van der Waals surface area (Å²) < 4.78 is 27.2. The molecule has 138 valence electrons. The normalized spacial score (nSPS) is 11.7. The Bertz CT molecular complexity index is 1090. The molecule has 0 aliphatic carbocycles. The molecule has 3 aromatic heterocycles. The summed E-state index contributed by atoms with van der Waals surface area (Å²) in [4.78, 5) is 4.01. The van der Waals surface area contributed by atoms with E-state index in [0.717, 1.165) is 11.1 Å². The number of hydrogen-bond acceptors (Lipinski definition) is 6. The van der Waals surface area contributed by atoms with Gasteiger partial charge in [-0.15, -0.1) is 0 Å². The highest BCUT2D eigenvalue weighted by Gasteiger charge is 2.20. The highest BCUT2D eigenvalue weighted by Crippen LogP contribution is 2.30. The van der Waals surface area contributed by atoms with Crippen molar-refractivity contribution < 1.29 is 8.42 Å². The van der Waals surface area contributed by atoms with E-state index in [-0.39, 0.29) is 5.75 Å². The van der Waals surface area contributed by atoms with Crippen LogP contribution in [-0.4, -0.2) is 30.2 Å². The third-order valence-corrected chi connectivity index (χ3v) is 6.14. The van der Waals surface area contributed by atoms with Gasteiger partial charge in [-0.2, -0.15) is 16.6 Å². The van der Waals surface area contributed by atoms with Gasteiger partial charge in [0.1, 0.15) is 6.07 Å². The SMILES string of the molecule is CNCc1cc(-c2cscc2C#N)n(S(=O)(=O)CC=Cc2cccnc2)c1. The van der Waals surface area contributed by atoms with E-state index in [1.807, 2.05) is 12.1 Å². The van der Waals surface area contributed by atoms with Crippen LogP contribution in [0.3, 0.4) is 0 Å². The second-order valence-electron chi connectivity index (χ2n) is 5.84. The number of aromatic nitrogens is 2. The molecule has 0 atom stereocenters. The van der Waals surface area contributed by atoms with Crippen molar-refractivity contribution in [3.8, 4) is 17.3 Å². The molecule has 6 nitrogen and oxygen atoms in total. The van der Waals surface area contributed by atoms with E-state index in [1.54, 1.807) is 54.6 Å². The van der Waals surface area contributed by atoms with Crippen LogP contribution in [0.1, 0.15) is 16.7 Å². The standard InChI is InChI=1S/C19H18N4O2S2/c1-21-10-16-8-19(18-14-26-13-17(18)9-20)23(12-16)27(24,25)7-3-5-15-4-2-6-22-11-15/h2-6,8,11-14,21H,7,10H2,1H3. The molecule has 0 saturated carbocycles. The lowest BCUT2D eigenvalue weighted by Crippen LogP contribution is -2.15. The van der Waals surface area contributed by atoms with Crippen molar-refractivity contribution in [3.05, 3.63) is 70.3 Å². The smallest absolute Gasteiger partial charge is 0.242 e. The van der Waals surface area contributed by atoms with Gasteiger partial charge in [0, 0.05) is 41.5 Å². The second kappa shape index (κ2) is 8.31. The van der Waals surface area contributed by atoms with Crippen LogP contribution in [0.15, 0.2) is 53.6 Å². The van der Waals surface area contributed by atoms with Crippen molar-refractivity contribution in [1.29, 1.82) is 5.26 Å². The molecule has 0 saturated heterocycles. The molecule has 0 amide bonds. The maximum atomic E-state index is 13.0. The fourth-order valence-electron chi connectivity index (χ4n) is 2.67. The average Bonchev–Trinajstić information content (AvgIpc) is 3.29. The first-order chi connectivity index (χ1) is 13.0. The summed E-state index contributed by atoms with van der Waals surface area (Å²) in [6.07, 6.45) is 8.27. The van der Waals surface area contributed by atoms with Gasteiger partial charge in [0.05, 0.1) is 17.0 Å². The Kier molecular flexibility index (Phi) is 5.86. The van der Waals surface area contributed by atoms with Crippen LogP contribution in [0.25, 0.3) is 17.3 Å². The summed E-state index contributed by atoms with van der Waals surface area (Å²) in [5.74, 6) is -0.158. The van der Waals surface area contributed by atoms with Gasteiger partial charge in [-0.3, -0.25) is 4.98 Å². The molecule has 0 unspecified atom stereocenters. The maximum absolute atomic E-state index is 13.0. The molecular weight excluding hydrogens is 380 g/mol. The van der Waals surface area contributed by atoms with E-state index in [4.69, 9.17) is 0 Å². The highest BCUT2D eigenvalue weighted by molar-refractivity contribution is 7.90. The third-order valence-electron chi connectivity index (χ3n) is 3.88. The van der Waals surface area contributed by atoms with Gasteiger partial charge in [0.2, 0.25) is 10.0 Å². The Morgan fingerprint density at radius 3 is 2.96 bits per heavy atom. The van der Waals surface area contributed by atoms with E-state index in [9.17, 15) is 13.7 Å². The van der Waals surface area contributed by atoms with Crippen molar-refractivity contribution >= 4 is 27.4 Å². The van der Waals surface area contributed by atoms with Crippen LogP contribution in [-0.2, 0) is 16.6 Å². The zero-order valence-corrected chi connectivity index (χ0v) is 16.3. The molecule has 0 aromatic carbocycles. The fourth-order valence-corrected chi connectivity index (χ4v) is 4.68. The summed E-state index contributed by atoms with van der Waals surface area (Å²) in [5.41, 5.74) is 3.28. The van der Waals surface area contributed by atoms with Gasteiger partial charge in [-0.25, -0.2) is 12.4 Å². The van der Waals surface area contributed by atoms with Gasteiger partial charge in [0.25, 0.3) is 0 Å². The molecule has 8 heteroatoms. The third kappa shape index (κ3) is 4.34. The molecule has 0 aliphatic rings. The van der Waals surface area contributed by atoms with Crippen LogP contribution in [0.5, 0.6) is 0 Å². The lowest BCUT2D eigenvalue weighted by Gasteiger charge is -2.08. The number of thiophene rings is 1. The molecule has 0 radical (unpaired) electrons. The number of nitriles is 1. The van der Waals surface area contributed by atoms with Crippen LogP contribution >= 0.6 is 11.3 Å². The van der Waals surface area contributed by atoms with Gasteiger partial charge in [0.15, 0.2) is 0 Å². The van der Waals surface area contributed by atoms with Gasteiger partial charge >= 0.3 is 0 Å². The van der Waals surface area contributed by atoms with Crippen LogP contribution in [0.2, 0.25) is 0 Å². The van der Waals surface area contributed by atoms with Gasteiger partial charge in [-0.1, -0.05) is 18.2 Å². The molecule has 3 heterocycles.